The molecule has 14 nitrogen and oxygen atoms in total. The number of carbonyl (C=O) groups excluding carboxylic acids is 1. The minimum absolute atomic E-state index is 0.00154. The van der Waals surface area contributed by atoms with Crippen molar-refractivity contribution in [3.8, 4) is 11.5 Å². The van der Waals surface area contributed by atoms with Crippen LogP contribution in [0.25, 0.3) is 0 Å². The summed E-state index contributed by atoms with van der Waals surface area (Å²) in [4.78, 5) is 36.5. The van der Waals surface area contributed by atoms with Gasteiger partial charge in [-0.15, -0.1) is 0 Å². The van der Waals surface area contributed by atoms with E-state index in [-0.39, 0.29) is 41.5 Å². The van der Waals surface area contributed by atoms with E-state index in [1.165, 1.54) is 36.4 Å². The number of benzene rings is 3. The number of carboxylic acids is 1. The molecule has 3 aromatic carbocycles. The third-order valence-electron chi connectivity index (χ3n) is 6.49. The summed E-state index contributed by atoms with van der Waals surface area (Å²) < 4.78 is 53.7. The van der Waals surface area contributed by atoms with Crippen LogP contribution in [0, 0.1) is 15.9 Å². The fourth-order valence-electron chi connectivity index (χ4n) is 4.31. The molecule has 44 heavy (non-hydrogen) atoms. The van der Waals surface area contributed by atoms with E-state index in [0.717, 1.165) is 18.2 Å². The van der Waals surface area contributed by atoms with Crippen LogP contribution in [0.4, 0.5) is 21.5 Å². The van der Waals surface area contributed by atoms with E-state index >= 15 is 0 Å². The van der Waals surface area contributed by atoms with E-state index in [2.05, 4.69) is 21.2 Å². The average Bonchev–Trinajstić information content (AvgIpc) is 2.95. The predicted octanol–water partition coefficient (Wildman–Crippen LogP) is 3.92. The number of hydrogen-bond acceptors (Lipinski definition) is 11. The average molecular weight is 697 g/mol. The first-order valence-electron chi connectivity index (χ1n) is 13.0. The summed E-state index contributed by atoms with van der Waals surface area (Å²) in [6.07, 6.45) is -0.228. The number of ether oxygens (including phenoxy) is 2. The molecule has 0 aromatic heterocycles. The quantitative estimate of drug-likeness (QED) is 0.121. The first-order chi connectivity index (χ1) is 20.8. The molecule has 1 aliphatic rings. The van der Waals surface area contributed by atoms with Gasteiger partial charge in [-0.2, -0.15) is 0 Å². The monoisotopic (exact) mass is 695 g/mol. The van der Waals surface area contributed by atoms with Crippen LogP contribution in [0.5, 0.6) is 11.5 Å². The Morgan fingerprint density at radius 1 is 1.20 bits per heavy atom. The number of nitrogens with one attached hydrogen (secondary N) is 2. The number of anilines is 2. The molecule has 3 aromatic rings. The Morgan fingerprint density at radius 3 is 2.68 bits per heavy atom. The maximum Gasteiger partial charge on any atom is 0.303 e. The van der Waals surface area contributed by atoms with E-state index in [1.54, 1.807) is 0 Å². The molecule has 234 valence electrons. The van der Waals surface area contributed by atoms with Gasteiger partial charge in [-0.25, -0.2) is 17.5 Å². The van der Waals surface area contributed by atoms with Gasteiger partial charge in [0.15, 0.2) is 0 Å². The van der Waals surface area contributed by atoms with Crippen LogP contribution in [-0.4, -0.2) is 67.7 Å². The number of hydrogen-bond donors (Lipinski definition) is 4. The van der Waals surface area contributed by atoms with E-state index in [0.29, 0.717) is 30.6 Å². The highest BCUT2D eigenvalue weighted by Gasteiger charge is 2.28. The van der Waals surface area contributed by atoms with E-state index in [9.17, 15) is 32.5 Å². The summed E-state index contributed by atoms with van der Waals surface area (Å²) in [5.41, 5.74) is 4.57. The fourth-order valence-corrected chi connectivity index (χ4v) is 5.63. The second kappa shape index (κ2) is 14.0. The van der Waals surface area contributed by atoms with Gasteiger partial charge in [-0.05, 0) is 48.9 Å². The third kappa shape index (κ3) is 8.19. The Morgan fingerprint density at radius 2 is 1.98 bits per heavy atom. The first-order valence-corrected chi connectivity index (χ1v) is 15.3. The SMILES string of the molecule is Nc1ccc(Oc2cc(Br)ccc2C(=O)NS(=O)(=O)c2ccc(N[C@@H]3COCCN3CCCC(=O)O)c([N+](=O)[O-])c2)cc1F. The van der Waals surface area contributed by atoms with Gasteiger partial charge in [0, 0.05) is 36.1 Å². The van der Waals surface area contributed by atoms with Crippen molar-refractivity contribution < 1.29 is 41.9 Å². The molecule has 4 rings (SSSR count). The molecule has 5 N–H and O–H groups in total. The second-order valence-corrected chi connectivity index (χ2v) is 12.2. The molecule has 0 bridgehead atoms. The van der Waals surface area contributed by atoms with Gasteiger partial charge < -0.3 is 25.6 Å². The number of aliphatic carboxylic acids is 1. The Hall–Kier alpha value is -4.32. The maximum atomic E-state index is 13.9. The van der Waals surface area contributed by atoms with Gasteiger partial charge in [-0.3, -0.25) is 24.6 Å². The molecule has 0 aliphatic carbocycles. The number of nitrogen functional groups attached to an aromatic ring is 1. The summed E-state index contributed by atoms with van der Waals surface area (Å²) in [6, 6.07) is 10.8. The highest BCUT2D eigenvalue weighted by molar-refractivity contribution is 9.10. The van der Waals surface area contributed by atoms with Gasteiger partial charge in [0.2, 0.25) is 0 Å². The third-order valence-corrected chi connectivity index (χ3v) is 8.31. The van der Waals surface area contributed by atoms with Crippen molar-refractivity contribution in [1.82, 2.24) is 9.62 Å². The molecular formula is C27H27BrFN5O9S. The van der Waals surface area contributed by atoms with Crippen molar-refractivity contribution in [2.24, 2.45) is 0 Å². The summed E-state index contributed by atoms with van der Waals surface area (Å²) >= 11 is 3.24. The van der Waals surface area contributed by atoms with Crippen LogP contribution in [0.1, 0.15) is 23.2 Å². The standard InChI is InChI=1S/C27H27BrFN5O9S/c28-16-3-6-19(24(12-16)43-17-4-7-21(30)20(29)13-17)27(37)32-44(40,41)18-5-8-22(23(14-18)34(38)39)31-25-15-42-11-10-33(25)9-1-2-26(35)36/h3-8,12-14,25,31H,1-2,9-11,15,30H2,(H,32,37)(H,35,36)/t25-/m0/s1. The topological polar surface area (TPSA) is 203 Å². The summed E-state index contributed by atoms with van der Waals surface area (Å²) in [7, 11) is -4.62. The molecule has 17 heteroatoms. The number of halogens is 2. The first kappa shape index (κ1) is 32.6. The number of carbonyl (C=O) groups is 2. The Labute approximate surface area is 259 Å². The molecule has 1 heterocycles. The number of nitro benzene ring substituents is 1. The number of nitrogens with two attached hydrogens (primary N) is 1. The van der Waals surface area contributed by atoms with Gasteiger partial charge in [0.1, 0.15) is 29.2 Å². The van der Waals surface area contributed by atoms with Crippen LogP contribution >= 0.6 is 15.9 Å². The van der Waals surface area contributed by atoms with Crippen LogP contribution in [0.15, 0.2) is 64.0 Å². The van der Waals surface area contributed by atoms with Crippen molar-refractivity contribution in [2.75, 3.05) is 37.4 Å². The fraction of sp³-hybridized carbons (Fsp3) is 0.259. The molecule has 0 unspecified atom stereocenters. The number of nitro groups is 1. The molecule has 1 fully saturated rings. The highest BCUT2D eigenvalue weighted by atomic mass is 79.9. The summed E-state index contributed by atoms with van der Waals surface area (Å²) in [5.74, 6) is -2.92. The lowest BCUT2D eigenvalue weighted by atomic mass is 10.2. The normalized spacial score (nSPS) is 15.4. The van der Waals surface area contributed by atoms with Crippen LogP contribution < -0.4 is 20.5 Å². The number of amides is 1. The van der Waals surface area contributed by atoms with Crippen molar-refractivity contribution in [3.63, 3.8) is 0 Å². The molecular weight excluding hydrogens is 669 g/mol. The zero-order chi connectivity index (χ0) is 32.0. The maximum absolute atomic E-state index is 13.9. The van der Waals surface area contributed by atoms with E-state index < -0.39 is 49.4 Å². The molecule has 0 spiro atoms. The minimum atomic E-state index is -4.62. The molecule has 1 saturated heterocycles. The van der Waals surface area contributed by atoms with Gasteiger partial charge in [0.05, 0.1) is 34.3 Å². The van der Waals surface area contributed by atoms with Crippen molar-refractivity contribution in [3.05, 3.63) is 80.6 Å². The minimum Gasteiger partial charge on any atom is -0.481 e. The molecule has 0 saturated carbocycles. The number of morpholine rings is 1. The predicted molar refractivity (Wildman–Crippen MR) is 159 cm³/mol. The largest absolute Gasteiger partial charge is 0.481 e. The van der Waals surface area contributed by atoms with E-state index in [1.807, 2.05) is 9.62 Å². The number of rotatable bonds is 12. The molecule has 1 amide bonds. The smallest absolute Gasteiger partial charge is 0.303 e. The van der Waals surface area contributed by atoms with Crippen molar-refractivity contribution in [1.29, 1.82) is 0 Å². The number of carboxylic acid groups (broad SMARTS) is 1. The zero-order valence-electron chi connectivity index (χ0n) is 22.9. The molecule has 1 aliphatic heterocycles. The van der Waals surface area contributed by atoms with Gasteiger partial charge >= 0.3 is 5.97 Å². The lowest BCUT2D eigenvalue weighted by molar-refractivity contribution is -0.384. The summed E-state index contributed by atoms with van der Waals surface area (Å²) in [5, 5.41) is 23.8. The molecule has 0 radical (unpaired) electrons. The van der Waals surface area contributed by atoms with E-state index in [4.69, 9.17) is 20.3 Å². The number of sulfonamides is 1. The Kier molecular flexibility index (Phi) is 10.4. The Bertz CT molecular complexity index is 1690. The van der Waals surface area contributed by atoms with Crippen molar-refractivity contribution >= 4 is 54.9 Å². The van der Waals surface area contributed by atoms with Crippen molar-refractivity contribution in [2.45, 2.75) is 23.9 Å². The lowest BCUT2D eigenvalue weighted by Crippen LogP contribution is -2.50. The second-order valence-electron chi connectivity index (χ2n) is 9.56. The van der Waals surface area contributed by atoms with Gasteiger partial charge in [0.25, 0.3) is 21.6 Å². The molecule has 1 atom stereocenters. The lowest BCUT2D eigenvalue weighted by Gasteiger charge is -2.36. The number of nitrogens with zero attached hydrogens (tertiary/aromatic N) is 2. The summed E-state index contributed by atoms with van der Waals surface area (Å²) in [6.45, 7) is 1.40. The van der Waals surface area contributed by atoms with Gasteiger partial charge in [-0.1, -0.05) is 15.9 Å². The van der Waals surface area contributed by atoms with Crippen LogP contribution in [0.2, 0.25) is 0 Å². The highest BCUT2D eigenvalue weighted by Crippen LogP contribution is 2.32. The zero-order valence-corrected chi connectivity index (χ0v) is 25.3. The van der Waals surface area contributed by atoms with Crippen LogP contribution in [0.3, 0.4) is 0 Å². The van der Waals surface area contributed by atoms with Crippen LogP contribution in [-0.2, 0) is 19.6 Å². The Balaban J connectivity index is 1.54.